The van der Waals surface area contributed by atoms with E-state index in [1.807, 2.05) is 19.1 Å². The Labute approximate surface area is 187 Å². The highest BCUT2D eigenvalue weighted by molar-refractivity contribution is 6.06. The van der Waals surface area contributed by atoms with Gasteiger partial charge in [0.25, 0.3) is 5.91 Å². The van der Waals surface area contributed by atoms with Gasteiger partial charge in [-0.25, -0.2) is 4.98 Å². The number of benzene rings is 1. The zero-order chi connectivity index (χ0) is 23.2. The van der Waals surface area contributed by atoms with E-state index in [1.54, 1.807) is 24.3 Å². The molecule has 0 unspecified atom stereocenters. The highest BCUT2D eigenvalue weighted by Gasteiger charge is 2.34. The quantitative estimate of drug-likeness (QED) is 0.416. The average molecular weight is 456 g/mol. The van der Waals surface area contributed by atoms with Gasteiger partial charge in [0.05, 0.1) is 5.56 Å². The Balaban J connectivity index is 1.23. The summed E-state index contributed by atoms with van der Waals surface area (Å²) in [4.78, 5) is 16.5. The van der Waals surface area contributed by atoms with Crippen molar-refractivity contribution in [2.75, 3.05) is 5.32 Å². The normalized spacial score (nSPS) is 19.2. The number of rotatable bonds is 4. The summed E-state index contributed by atoms with van der Waals surface area (Å²) >= 11 is 0. The molecule has 0 bridgehead atoms. The van der Waals surface area contributed by atoms with Crippen LogP contribution in [0.1, 0.15) is 47.4 Å². The Bertz CT molecular complexity index is 1320. The van der Waals surface area contributed by atoms with Crippen LogP contribution in [-0.2, 0) is 6.18 Å². The predicted molar refractivity (Wildman–Crippen MR) is 118 cm³/mol. The maximum Gasteiger partial charge on any atom is 0.434 e. The third-order valence-electron chi connectivity index (χ3n) is 6.22. The first-order valence-corrected chi connectivity index (χ1v) is 10.9. The molecule has 3 aromatic heterocycles. The fourth-order valence-electron chi connectivity index (χ4n) is 4.47. The van der Waals surface area contributed by atoms with E-state index in [1.165, 1.54) is 4.40 Å². The van der Waals surface area contributed by atoms with Crippen LogP contribution in [0.4, 0.5) is 19.0 Å². The molecule has 1 aliphatic rings. The molecule has 0 spiro atoms. The summed E-state index contributed by atoms with van der Waals surface area (Å²) in [5.41, 5.74) is 1.46. The highest BCUT2D eigenvalue weighted by atomic mass is 19.4. The number of hydrogen-bond donors (Lipinski definition) is 3. The zero-order valence-electron chi connectivity index (χ0n) is 17.9. The molecule has 10 heteroatoms. The van der Waals surface area contributed by atoms with Crippen molar-refractivity contribution in [3.05, 3.63) is 59.5 Å². The van der Waals surface area contributed by atoms with E-state index in [-0.39, 0.29) is 23.6 Å². The molecule has 7 nitrogen and oxygen atoms in total. The molecule has 0 radical (unpaired) electrons. The van der Waals surface area contributed by atoms with Gasteiger partial charge in [-0.3, -0.25) is 14.3 Å². The first-order chi connectivity index (χ1) is 15.8. The highest BCUT2D eigenvalue weighted by Crippen LogP contribution is 2.30. The molecule has 0 saturated heterocycles. The van der Waals surface area contributed by atoms with Crippen LogP contribution in [0.5, 0.6) is 0 Å². The largest absolute Gasteiger partial charge is 0.434 e. The molecule has 1 aliphatic carbocycles. The third kappa shape index (κ3) is 4.12. The van der Waals surface area contributed by atoms with Crippen molar-refractivity contribution in [3.63, 3.8) is 0 Å². The zero-order valence-corrected chi connectivity index (χ0v) is 17.9. The lowest BCUT2D eigenvalue weighted by atomic mass is 9.91. The van der Waals surface area contributed by atoms with Crippen molar-refractivity contribution in [2.24, 2.45) is 0 Å². The number of H-pyrrole nitrogens is 1. The molecule has 1 saturated carbocycles. The molecule has 3 heterocycles. The van der Waals surface area contributed by atoms with Gasteiger partial charge < -0.3 is 10.6 Å². The summed E-state index contributed by atoms with van der Waals surface area (Å²) < 4.78 is 40.5. The predicted octanol–water partition coefficient (Wildman–Crippen LogP) is 4.69. The van der Waals surface area contributed by atoms with Gasteiger partial charge in [0.1, 0.15) is 17.0 Å². The first-order valence-electron chi connectivity index (χ1n) is 10.9. The Kier molecular flexibility index (Phi) is 5.22. The van der Waals surface area contributed by atoms with Crippen molar-refractivity contribution < 1.29 is 18.0 Å². The van der Waals surface area contributed by atoms with E-state index in [0.717, 1.165) is 43.0 Å². The van der Waals surface area contributed by atoms with Crippen LogP contribution in [-0.4, -0.2) is 37.6 Å². The van der Waals surface area contributed by atoms with Crippen LogP contribution >= 0.6 is 0 Å². The second kappa shape index (κ2) is 8.09. The summed E-state index contributed by atoms with van der Waals surface area (Å²) in [7, 11) is 0. The molecule has 5 rings (SSSR count). The van der Waals surface area contributed by atoms with Gasteiger partial charge in [0, 0.05) is 29.4 Å². The monoisotopic (exact) mass is 456 g/mol. The standard InChI is InChI=1S/C23H23F3N6O/c1-13-16-4-2-5-17(21(16)31-30-13)22(33)28-15-10-8-14(9-11-15)27-19-6-3-7-20-29-18(12-32(19)20)23(24,25)26/h2-7,12,14-15,27H,8-11H2,1H3,(H,28,33)(H,30,31)/t14-,15+. The maximum absolute atomic E-state index is 13.0. The number of nitrogens with one attached hydrogen (secondary N) is 3. The summed E-state index contributed by atoms with van der Waals surface area (Å²) in [6, 6.07) is 10.7. The molecule has 3 N–H and O–H groups in total. The van der Waals surface area contributed by atoms with E-state index in [2.05, 4.69) is 25.8 Å². The Morgan fingerprint density at radius 1 is 1.09 bits per heavy atom. The molecular weight excluding hydrogens is 433 g/mol. The fourth-order valence-corrected chi connectivity index (χ4v) is 4.47. The van der Waals surface area contributed by atoms with Crippen molar-refractivity contribution in [3.8, 4) is 0 Å². The first kappa shape index (κ1) is 21.3. The van der Waals surface area contributed by atoms with Gasteiger partial charge in [0.2, 0.25) is 0 Å². The molecular formula is C23H23F3N6O. The van der Waals surface area contributed by atoms with Gasteiger partial charge in [-0.2, -0.15) is 18.3 Å². The number of aryl methyl sites for hydroxylation is 1. The van der Waals surface area contributed by atoms with Gasteiger partial charge in [-0.1, -0.05) is 18.2 Å². The SMILES string of the molecule is Cc1[nH]nc2c(C(=O)N[C@H]3CC[C@@H](Nc4cccc5nc(C(F)(F)F)cn45)CC3)cccc12. The number of pyridine rings is 1. The number of anilines is 1. The average Bonchev–Trinajstić information content (AvgIpc) is 3.40. The van der Waals surface area contributed by atoms with E-state index >= 15 is 0 Å². The third-order valence-corrected chi connectivity index (χ3v) is 6.22. The number of aromatic amines is 1. The van der Waals surface area contributed by atoms with Gasteiger partial charge in [0.15, 0.2) is 5.69 Å². The molecule has 172 valence electrons. The number of amides is 1. The molecule has 0 atom stereocenters. The van der Waals surface area contributed by atoms with Gasteiger partial charge in [-0.05, 0) is 50.8 Å². The van der Waals surface area contributed by atoms with E-state index in [4.69, 9.17) is 0 Å². The number of imidazole rings is 1. The van der Waals surface area contributed by atoms with E-state index in [9.17, 15) is 18.0 Å². The van der Waals surface area contributed by atoms with Crippen LogP contribution in [0, 0.1) is 6.92 Å². The summed E-state index contributed by atoms with van der Waals surface area (Å²) in [5.74, 6) is 0.426. The smallest absolute Gasteiger partial charge is 0.368 e. The topological polar surface area (TPSA) is 87.1 Å². The lowest BCUT2D eigenvalue weighted by Gasteiger charge is -2.30. The van der Waals surface area contributed by atoms with Crippen molar-refractivity contribution in [2.45, 2.75) is 50.9 Å². The lowest BCUT2D eigenvalue weighted by molar-refractivity contribution is -0.140. The molecule has 1 aromatic carbocycles. The number of para-hydroxylation sites is 1. The molecule has 1 fully saturated rings. The second-order valence-electron chi connectivity index (χ2n) is 8.48. The summed E-state index contributed by atoms with van der Waals surface area (Å²) in [5, 5.41) is 14.6. The molecule has 33 heavy (non-hydrogen) atoms. The van der Waals surface area contributed by atoms with Crippen LogP contribution in [0.2, 0.25) is 0 Å². The minimum Gasteiger partial charge on any atom is -0.368 e. The van der Waals surface area contributed by atoms with Gasteiger partial charge in [-0.15, -0.1) is 0 Å². The van der Waals surface area contributed by atoms with Crippen LogP contribution in [0.15, 0.2) is 42.6 Å². The lowest BCUT2D eigenvalue weighted by Crippen LogP contribution is -2.40. The van der Waals surface area contributed by atoms with Crippen molar-refractivity contribution in [1.29, 1.82) is 0 Å². The molecule has 1 amide bonds. The molecule has 4 aromatic rings. The Morgan fingerprint density at radius 2 is 1.82 bits per heavy atom. The van der Waals surface area contributed by atoms with Crippen molar-refractivity contribution >= 4 is 28.3 Å². The Hall–Kier alpha value is -3.56. The second-order valence-corrected chi connectivity index (χ2v) is 8.48. The van der Waals surface area contributed by atoms with Crippen LogP contribution < -0.4 is 10.6 Å². The fraction of sp³-hybridized carbons (Fsp3) is 0.348. The van der Waals surface area contributed by atoms with Crippen LogP contribution in [0.25, 0.3) is 16.6 Å². The van der Waals surface area contributed by atoms with Crippen LogP contribution in [0.3, 0.4) is 0 Å². The number of aromatic nitrogens is 4. The van der Waals surface area contributed by atoms with Gasteiger partial charge >= 0.3 is 6.18 Å². The number of carbonyl (C=O) groups excluding carboxylic acids is 1. The van der Waals surface area contributed by atoms with E-state index < -0.39 is 11.9 Å². The maximum atomic E-state index is 13.0. The number of carbonyl (C=O) groups is 1. The molecule has 0 aliphatic heterocycles. The minimum absolute atomic E-state index is 0.0340. The summed E-state index contributed by atoms with van der Waals surface area (Å²) in [6.07, 6.45) is -0.361. The summed E-state index contributed by atoms with van der Waals surface area (Å²) in [6.45, 7) is 1.92. The Morgan fingerprint density at radius 3 is 2.58 bits per heavy atom. The number of halogens is 3. The van der Waals surface area contributed by atoms with E-state index in [0.29, 0.717) is 16.9 Å². The number of alkyl halides is 3. The number of nitrogens with zero attached hydrogens (tertiary/aromatic N) is 3. The van der Waals surface area contributed by atoms with Crippen molar-refractivity contribution in [1.82, 2.24) is 24.9 Å². The number of hydrogen-bond acceptors (Lipinski definition) is 4. The number of fused-ring (bicyclic) bond motifs is 2. The minimum atomic E-state index is -4.49.